The van der Waals surface area contributed by atoms with Crippen molar-refractivity contribution in [2.45, 2.75) is 25.2 Å². The number of rotatable bonds is 5. The number of thiophene rings is 1. The highest BCUT2D eigenvalue weighted by Gasteiger charge is 2.28. The van der Waals surface area contributed by atoms with Crippen molar-refractivity contribution in [2.24, 2.45) is 0 Å². The lowest BCUT2D eigenvalue weighted by Gasteiger charge is -2.33. The normalized spacial score (nSPS) is 16.5. The van der Waals surface area contributed by atoms with Crippen LogP contribution >= 0.6 is 22.9 Å². The maximum Gasteiger partial charge on any atom is 0.227 e. The first-order valence-corrected chi connectivity index (χ1v) is 11.4. The molecule has 1 aliphatic heterocycles. The summed E-state index contributed by atoms with van der Waals surface area (Å²) in [6, 6.07) is 9.80. The second kappa shape index (κ2) is 9.14. The van der Waals surface area contributed by atoms with Crippen LogP contribution in [0.5, 0.6) is 0 Å². The van der Waals surface area contributed by atoms with Gasteiger partial charge in [-0.25, -0.2) is 9.97 Å². The molecular weight excluding hydrogens is 416 g/mol. The van der Waals surface area contributed by atoms with Crippen molar-refractivity contribution in [2.75, 3.05) is 32.1 Å². The number of carbonyl (C=O) groups is 1. The van der Waals surface area contributed by atoms with Crippen LogP contribution in [0.2, 0.25) is 5.02 Å². The van der Waals surface area contributed by atoms with Gasteiger partial charge in [0.15, 0.2) is 0 Å². The SMILES string of the molecule is CN(C)c1ncc(-c2ccc(Cl)cc2)c([C@@H]2CCCN(C(=O)Cc3ccsc3)C2)n1. The lowest BCUT2D eigenvalue weighted by Crippen LogP contribution is -2.40. The van der Waals surface area contributed by atoms with E-state index in [-0.39, 0.29) is 11.8 Å². The van der Waals surface area contributed by atoms with Gasteiger partial charge in [0.1, 0.15) is 0 Å². The molecule has 3 heterocycles. The van der Waals surface area contributed by atoms with Gasteiger partial charge in [-0.3, -0.25) is 4.79 Å². The Morgan fingerprint density at radius 1 is 1.27 bits per heavy atom. The van der Waals surface area contributed by atoms with E-state index in [9.17, 15) is 4.79 Å². The van der Waals surface area contributed by atoms with Crippen molar-refractivity contribution < 1.29 is 4.79 Å². The van der Waals surface area contributed by atoms with E-state index in [0.717, 1.165) is 41.8 Å². The first-order valence-electron chi connectivity index (χ1n) is 10.1. The Bertz CT molecular complexity index is 1000. The van der Waals surface area contributed by atoms with E-state index in [1.807, 2.05) is 71.2 Å². The van der Waals surface area contributed by atoms with Gasteiger partial charge in [0.2, 0.25) is 11.9 Å². The topological polar surface area (TPSA) is 49.3 Å². The molecular formula is C23H25ClN4OS. The molecule has 1 amide bonds. The third kappa shape index (κ3) is 4.65. The molecule has 1 atom stereocenters. The molecule has 1 aliphatic rings. The zero-order chi connectivity index (χ0) is 21.1. The molecule has 0 bridgehead atoms. The van der Waals surface area contributed by atoms with Crippen LogP contribution in [0.15, 0.2) is 47.3 Å². The van der Waals surface area contributed by atoms with Crippen LogP contribution in [0.4, 0.5) is 5.95 Å². The zero-order valence-corrected chi connectivity index (χ0v) is 18.8. The van der Waals surface area contributed by atoms with Gasteiger partial charge in [-0.2, -0.15) is 11.3 Å². The van der Waals surface area contributed by atoms with Gasteiger partial charge in [-0.1, -0.05) is 23.7 Å². The predicted octanol–water partition coefficient (Wildman–Crippen LogP) is 4.87. The lowest BCUT2D eigenvalue weighted by atomic mass is 9.89. The summed E-state index contributed by atoms with van der Waals surface area (Å²) in [4.78, 5) is 26.2. The van der Waals surface area contributed by atoms with Crippen LogP contribution in [0.3, 0.4) is 0 Å². The van der Waals surface area contributed by atoms with Gasteiger partial charge in [0.25, 0.3) is 0 Å². The lowest BCUT2D eigenvalue weighted by molar-refractivity contribution is -0.131. The molecule has 2 aromatic heterocycles. The number of aromatic nitrogens is 2. The molecule has 0 saturated carbocycles. The van der Waals surface area contributed by atoms with Crippen molar-refractivity contribution in [1.29, 1.82) is 0 Å². The van der Waals surface area contributed by atoms with E-state index in [1.165, 1.54) is 0 Å². The summed E-state index contributed by atoms with van der Waals surface area (Å²) in [6.45, 7) is 1.49. The predicted molar refractivity (Wildman–Crippen MR) is 123 cm³/mol. The van der Waals surface area contributed by atoms with Crippen molar-refractivity contribution in [3.8, 4) is 11.1 Å². The Morgan fingerprint density at radius 2 is 2.07 bits per heavy atom. The summed E-state index contributed by atoms with van der Waals surface area (Å²) in [7, 11) is 3.89. The summed E-state index contributed by atoms with van der Waals surface area (Å²) in [5.74, 6) is 1.05. The number of piperidine rings is 1. The molecule has 1 saturated heterocycles. The number of likely N-dealkylation sites (tertiary alicyclic amines) is 1. The molecule has 4 rings (SSSR count). The number of anilines is 1. The second-order valence-corrected chi connectivity index (χ2v) is 9.07. The van der Waals surface area contributed by atoms with E-state index in [4.69, 9.17) is 16.6 Å². The van der Waals surface area contributed by atoms with Crippen molar-refractivity contribution in [3.05, 3.63) is 63.6 Å². The standard InChI is InChI=1S/C23H25ClN4OS/c1-27(2)23-25-13-20(17-5-7-19(24)8-6-17)22(26-23)18-4-3-10-28(14-18)21(29)12-16-9-11-30-15-16/h5-9,11,13,15,18H,3-4,10,12,14H2,1-2H3/t18-/m1/s1. The van der Waals surface area contributed by atoms with Crippen molar-refractivity contribution >= 4 is 34.8 Å². The fourth-order valence-corrected chi connectivity index (χ4v) is 4.66. The van der Waals surface area contributed by atoms with Crippen molar-refractivity contribution in [3.63, 3.8) is 0 Å². The molecule has 1 aromatic carbocycles. The molecule has 156 valence electrons. The Balaban J connectivity index is 1.63. The van der Waals surface area contributed by atoms with Gasteiger partial charge in [-0.05, 0) is 52.9 Å². The third-order valence-electron chi connectivity index (χ3n) is 5.46. The van der Waals surface area contributed by atoms with Crippen LogP contribution in [0, 0.1) is 0 Å². The number of amides is 1. The molecule has 5 nitrogen and oxygen atoms in total. The molecule has 30 heavy (non-hydrogen) atoms. The average molecular weight is 441 g/mol. The van der Waals surface area contributed by atoms with Crippen LogP contribution < -0.4 is 4.90 Å². The largest absolute Gasteiger partial charge is 0.347 e. The molecule has 0 radical (unpaired) electrons. The summed E-state index contributed by atoms with van der Waals surface area (Å²) < 4.78 is 0. The van der Waals surface area contributed by atoms with E-state index in [0.29, 0.717) is 23.9 Å². The number of hydrogen-bond donors (Lipinski definition) is 0. The van der Waals surface area contributed by atoms with E-state index < -0.39 is 0 Å². The number of halogens is 1. The maximum atomic E-state index is 12.9. The van der Waals surface area contributed by atoms with Gasteiger partial charge in [0.05, 0.1) is 12.1 Å². The third-order valence-corrected chi connectivity index (χ3v) is 6.44. The Kier molecular flexibility index (Phi) is 6.35. The van der Waals surface area contributed by atoms with E-state index in [1.54, 1.807) is 11.3 Å². The monoisotopic (exact) mass is 440 g/mol. The molecule has 0 N–H and O–H groups in total. The molecule has 7 heteroatoms. The summed E-state index contributed by atoms with van der Waals surface area (Å²) in [5.41, 5.74) is 4.14. The van der Waals surface area contributed by atoms with Crippen LogP contribution in [0.1, 0.15) is 30.0 Å². The zero-order valence-electron chi connectivity index (χ0n) is 17.2. The first-order chi connectivity index (χ1) is 14.5. The Hall–Kier alpha value is -2.44. The maximum absolute atomic E-state index is 12.9. The Labute approximate surface area is 186 Å². The molecule has 0 aliphatic carbocycles. The number of benzene rings is 1. The highest BCUT2D eigenvalue weighted by atomic mass is 35.5. The van der Waals surface area contributed by atoms with Crippen LogP contribution in [-0.2, 0) is 11.2 Å². The smallest absolute Gasteiger partial charge is 0.227 e. The minimum atomic E-state index is 0.178. The first kappa shape index (κ1) is 20.8. The molecule has 0 unspecified atom stereocenters. The average Bonchev–Trinajstić information content (AvgIpc) is 3.27. The van der Waals surface area contributed by atoms with E-state index >= 15 is 0 Å². The van der Waals surface area contributed by atoms with Gasteiger partial charge in [0, 0.05) is 49.9 Å². The number of hydrogen-bond acceptors (Lipinski definition) is 5. The summed E-state index contributed by atoms with van der Waals surface area (Å²) in [5, 5.41) is 4.77. The quantitative estimate of drug-likeness (QED) is 0.567. The van der Waals surface area contributed by atoms with Gasteiger partial charge >= 0.3 is 0 Å². The van der Waals surface area contributed by atoms with Crippen molar-refractivity contribution in [1.82, 2.24) is 14.9 Å². The Morgan fingerprint density at radius 3 is 2.77 bits per heavy atom. The minimum absolute atomic E-state index is 0.178. The fourth-order valence-electron chi connectivity index (χ4n) is 3.87. The molecule has 1 fully saturated rings. The van der Waals surface area contributed by atoms with E-state index in [2.05, 4.69) is 4.98 Å². The number of carbonyl (C=O) groups excluding carboxylic acids is 1. The fraction of sp³-hybridized carbons (Fsp3) is 0.348. The van der Waals surface area contributed by atoms with Crippen LogP contribution in [-0.4, -0.2) is 48.0 Å². The second-order valence-electron chi connectivity index (χ2n) is 7.86. The van der Waals surface area contributed by atoms with Gasteiger partial charge in [-0.15, -0.1) is 0 Å². The summed E-state index contributed by atoms with van der Waals surface area (Å²) >= 11 is 7.71. The number of nitrogens with zero attached hydrogens (tertiary/aromatic N) is 4. The minimum Gasteiger partial charge on any atom is -0.347 e. The molecule has 0 spiro atoms. The highest BCUT2D eigenvalue weighted by Crippen LogP contribution is 2.34. The van der Waals surface area contributed by atoms with Crippen LogP contribution in [0.25, 0.3) is 11.1 Å². The summed E-state index contributed by atoms with van der Waals surface area (Å²) in [6.07, 6.45) is 4.34. The highest BCUT2D eigenvalue weighted by molar-refractivity contribution is 7.08. The molecule has 3 aromatic rings. The van der Waals surface area contributed by atoms with Gasteiger partial charge < -0.3 is 9.80 Å².